The van der Waals surface area contributed by atoms with Crippen LogP contribution in [0.15, 0.2) is 54.9 Å². The summed E-state index contributed by atoms with van der Waals surface area (Å²) in [5, 5.41) is 3.23. The quantitative estimate of drug-likeness (QED) is 0.559. The van der Waals surface area contributed by atoms with Crippen molar-refractivity contribution in [1.82, 2.24) is 15.0 Å². The molecule has 1 aliphatic rings. The minimum Gasteiger partial charge on any atom is -0.447 e. The first-order valence-corrected chi connectivity index (χ1v) is 10.4. The fourth-order valence-corrected chi connectivity index (χ4v) is 3.35. The predicted octanol–water partition coefficient (Wildman–Crippen LogP) is 4.96. The van der Waals surface area contributed by atoms with Gasteiger partial charge in [-0.05, 0) is 48.7 Å². The van der Waals surface area contributed by atoms with Crippen molar-refractivity contribution in [2.45, 2.75) is 32.9 Å². The third-order valence-corrected chi connectivity index (χ3v) is 5.20. The molecule has 1 amide bonds. The van der Waals surface area contributed by atoms with Crippen molar-refractivity contribution in [2.75, 3.05) is 16.8 Å². The van der Waals surface area contributed by atoms with E-state index >= 15 is 0 Å². The number of carbonyl (C=O) groups is 1. The van der Waals surface area contributed by atoms with Gasteiger partial charge in [0.25, 0.3) is 0 Å². The molecule has 4 rings (SSSR count). The largest absolute Gasteiger partial charge is 0.447 e. The summed E-state index contributed by atoms with van der Waals surface area (Å²) in [7, 11) is 0. The van der Waals surface area contributed by atoms with E-state index in [0.717, 1.165) is 5.56 Å². The Balaban J connectivity index is 1.43. The Hall–Kier alpha value is -3.75. The molecule has 8 nitrogen and oxygen atoms in total. The third kappa shape index (κ3) is 4.77. The molecular weight excluding hydrogens is 413 g/mol. The number of pyridine rings is 1. The highest BCUT2D eigenvalue weighted by Gasteiger charge is 2.37. The number of anilines is 2. The maximum atomic E-state index is 13.0. The predicted molar refractivity (Wildman–Crippen MR) is 117 cm³/mol. The van der Waals surface area contributed by atoms with Crippen LogP contribution in [-0.4, -0.2) is 33.7 Å². The van der Waals surface area contributed by atoms with E-state index in [1.807, 2.05) is 26.8 Å². The van der Waals surface area contributed by atoms with Crippen LogP contribution in [0, 0.1) is 11.7 Å². The highest BCUT2D eigenvalue weighted by atomic mass is 19.1. The summed E-state index contributed by atoms with van der Waals surface area (Å²) in [6.07, 6.45) is 2.90. The number of hydrogen-bond donors (Lipinski definition) is 1. The summed E-state index contributed by atoms with van der Waals surface area (Å²) >= 11 is 0. The topological polar surface area (TPSA) is 89.5 Å². The number of ether oxygens (including phenoxy) is 2. The Kier molecular flexibility index (Phi) is 6.16. The Morgan fingerprint density at radius 2 is 1.91 bits per heavy atom. The van der Waals surface area contributed by atoms with Crippen LogP contribution < -0.4 is 15.0 Å². The maximum absolute atomic E-state index is 13.0. The molecular formula is C23H24FN5O3. The molecule has 9 heteroatoms. The number of benzene rings is 1. The summed E-state index contributed by atoms with van der Waals surface area (Å²) in [5.74, 6) is 1.70. The van der Waals surface area contributed by atoms with E-state index < -0.39 is 6.09 Å². The van der Waals surface area contributed by atoms with Crippen molar-refractivity contribution >= 4 is 17.9 Å². The Bertz CT molecular complexity index is 1080. The third-order valence-electron chi connectivity index (χ3n) is 5.20. The number of nitrogens with zero attached hydrogens (tertiary/aromatic N) is 4. The van der Waals surface area contributed by atoms with Crippen molar-refractivity contribution in [3.63, 3.8) is 0 Å². The standard InChI is InChI=1S/C23H24FN5O3/c1-14(2)19-13-31-23(30)29(19)20-10-11-25-22(28-20)27-15(3)16-4-9-21(26-12-16)32-18-7-5-17(24)6-8-18/h4-12,14-15,19H,13H2,1-3H3,(H,25,27,28)/t15-,19?/m0/s1. The van der Waals surface area contributed by atoms with Crippen molar-refractivity contribution in [3.8, 4) is 11.6 Å². The van der Waals surface area contributed by atoms with Gasteiger partial charge in [-0.15, -0.1) is 0 Å². The minimum atomic E-state index is -0.401. The van der Waals surface area contributed by atoms with E-state index in [4.69, 9.17) is 9.47 Å². The number of hydrogen-bond acceptors (Lipinski definition) is 7. The molecule has 0 saturated carbocycles. The average molecular weight is 437 g/mol. The van der Waals surface area contributed by atoms with Gasteiger partial charge in [-0.1, -0.05) is 19.9 Å². The molecule has 166 valence electrons. The van der Waals surface area contributed by atoms with Gasteiger partial charge >= 0.3 is 6.09 Å². The Labute approximate surface area is 185 Å². The molecule has 0 radical (unpaired) electrons. The summed E-state index contributed by atoms with van der Waals surface area (Å²) in [6, 6.07) is 10.8. The second kappa shape index (κ2) is 9.17. The molecule has 1 fully saturated rings. The molecule has 1 N–H and O–H groups in total. The second-order valence-electron chi connectivity index (χ2n) is 7.85. The van der Waals surface area contributed by atoms with Crippen LogP contribution in [0.4, 0.5) is 21.0 Å². The van der Waals surface area contributed by atoms with Crippen molar-refractivity contribution < 1.29 is 18.7 Å². The van der Waals surface area contributed by atoms with Crippen molar-refractivity contribution in [3.05, 3.63) is 66.2 Å². The molecule has 32 heavy (non-hydrogen) atoms. The van der Waals surface area contributed by atoms with Crippen LogP contribution in [0.1, 0.15) is 32.4 Å². The molecule has 0 spiro atoms. The van der Waals surface area contributed by atoms with E-state index in [0.29, 0.717) is 30.0 Å². The van der Waals surface area contributed by atoms with E-state index in [2.05, 4.69) is 20.3 Å². The zero-order valence-electron chi connectivity index (χ0n) is 18.0. The van der Waals surface area contributed by atoms with E-state index in [1.54, 1.807) is 41.6 Å². The van der Waals surface area contributed by atoms with Gasteiger partial charge in [0.05, 0.1) is 12.1 Å². The molecule has 3 heterocycles. The summed E-state index contributed by atoms with van der Waals surface area (Å²) in [5.41, 5.74) is 0.895. The molecule has 1 saturated heterocycles. The minimum absolute atomic E-state index is 0.0690. The summed E-state index contributed by atoms with van der Waals surface area (Å²) in [6.45, 7) is 6.38. The van der Waals surface area contributed by atoms with Crippen LogP contribution >= 0.6 is 0 Å². The number of rotatable bonds is 7. The van der Waals surface area contributed by atoms with Crippen LogP contribution in [0.2, 0.25) is 0 Å². The van der Waals surface area contributed by atoms with E-state index in [-0.39, 0.29) is 23.8 Å². The highest BCUT2D eigenvalue weighted by Crippen LogP contribution is 2.27. The van der Waals surface area contributed by atoms with Crippen LogP contribution in [-0.2, 0) is 4.74 Å². The van der Waals surface area contributed by atoms with E-state index in [1.165, 1.54) is 12.1 Å². The van der Waals surface area contributed by atoms with Crippen LogP contribution in [0.25, 0.3) is 0 Å². The van der Waals surface area contributed by atoms with Gasteiger partial charge in [0, 0.05) is 18.5 Å². The molecule has 2 atom stereocenters. The normalized spacial score (nSPS) is 16.7. The monoisotopic (exact) mass is 437 g/mol. The molecule has 0 bridgehead atoms. The Morgan fingerprint density at radius 1 is 1.12 bits per heavy atom. The zero-order chi connectivity index (χ0) is 22.7. The lowest BCUT2D eigenvalue weighted by atomic mass is 10.0. The van der Waals surface area contributed by atoms with Gasteiger partial charge in [0.2, 0.25) is 11.8 Å². The van der Waals surface area contributed by atoms with Crippen molar-refractivity contribution in [1.29, 1.82) is 0 Å². The number of nitrogens with one attached hydrogen (secondary N) is 1. The van der Waals surface area contributed by atoms with Gasteiger partial charge in [0.1, 0.15) is 24.0 Å². The number of aromatic nitrogens is 3. The summed E-state index contributed by atoms with van der Waals surface area (Å²) < 4.78 is 23.9. The Morgan fingerprint density at radius 3 is 2.59 bits per heavy atom. The SMILES string of the molecule is CC(C)C1COC(=O)N1c1ccnc(N[C@@H](C)c2ccc(Oc3ccc(F)cc3)nc2)n1. The molecule has 1 aromatic carbocycles. The fraction of sp³-hybridized carbons (Fsp3) is 0.304. The second-order valence-corrected chi connectivity index (χ2v) is 7.85. The smallest absolute Gasteiger partial charge is 0.415 e. The van der Waals surface area contributed by atoms with E-state index in [9.17, 15) is 9.18 Å². The van der Waals surface area contributed by atoms with Crippen LogP contribution in [0.5, 0.6) is 11.6 Å². The molecule has 1 unspecified atom stereocenters. The number of carbonyl (C=O) groups excluding carboxylic acids is 1. The van der Waals surface area contributed by atoms with Gasteiger partial charge in [-0.2, -0.15) is 4.98 Å². The maximum Gasteiger partial charge on any atom is 0.415 e. The number of amides is 1. The van der Waals surface area contributed by atoms with Gasteiger partial charge in [0.15, 0.2) is 0 Å². The molecule has 3 aromatic rings. The zero-order valence-corrected chi connectivity index (χ0v) is 18.0. The first kappa shape index (κ1) is 21.5. The first-order chi connectivity index (χ1) is 15.4. The molecule has 2 aromatic heterocycles. The van der Waals surface area contributed by atoms with Gasteiger partial charge < -0.3 is 14.8 Å². The lowest BCUT2D eigenvalue weighted by molar-refractivity contribution is 0.177. The number of halogens is 1. The fourth-order valence-electron chi connectivity index (χ4n) is 3.35. The lowest BCUT2D eigenvalue weighted by Gasteiger charge is -2.23. The first-order valence-electron chi connectivity index (χ1n) is 10.4. The molecule has 1 aliphatic heterocycles. The summed E-state index contributed by atoms with van der Waals surface area (Å²) in [4.78, 5) is 26.9. The van der Waals surface area contributed by atoms with Crippen molar-refractivity contribution in [2.24, 2.45) is 5.92 Å². The lowest BCUT2D eigenvalue weighted by Crippen LogP contribution is -2.37. The molecule has 0 aliphatic carbocycles. The number of cyclic esters (lactones) is 1. The average Bonchev–Trinajstić information content (AvgIpc) is 3.18. The highest BCUT2D eigenvalue weighted by molar-refractivity contribution is 5.89. The van der Waals surface area contributed by atoms with Gasteiger partial charge in [-0.3, -0.25) is 4.90 Å². The van der Waals surface area contributed by atoms with Gasteiger partial charge in [-0.25, -0.2) is 19.2 Å². The van der Waals surface area contributed by atoms with Crippen LogP contribution in [0.3, 0.4) is 0 Å².